The van der Waals surface area contributed by atoms with Crippen molar-refractivity contribution in [3.63, 3.8) is 0 Å². The van der Waals surface area contributed by atoms with Gasteiger partial charge in [0.1, 0.15) is 12.1 Å². The van der Waals surface area contributed by atoms with Crippen LogP contribution in [0.3, 0.4) is 0 Å². The molecule has 0 amide bonds. The number of hydrogen-bond donors (Lipinski definition) is 1. The van der Waals surface area contributed by atoms with E-state index >= 15 is 0 Å². The molecule has 0 bridgehead atoms. The number of hydrogen-bond acceptors (Lipinski definition) is 6. The van der Waals surface area contributed by atoms with Crippen molar-refractivity contribution < 1.29 is 14.3 Å². The van der Waals surface area contributed by atoms with E-state index in [2.05, 4.69) is 14.7 Å². The first kappa shape index (κ1) is 13.0. The number of ether oxygens (including phenoxy) is 2. The average Bonchev–Trinajstić information content (AvgIpc) is 2.47. The van der Waals surface area contributed by atoms with E-state index in [9.17, 15) is 4.79 Å². The van der Waals surface area contributed by atoms with Gasteiger partial charge in [-0.25, -0.2) is 14.8 Å². The predicted molar refractivity (Wildman–Crippen MR) is 67.8 cm³/mol. The molecule has 2 aromatic rings. The topological polar surface area (TPSA) is 87.3 Å². The normalized spacial score (nSPS) is 10.0. The van der Waals surface area contributed by atoms with E-state index in [1.54, 1.807) is 30.3 Å². The molecule has 2 N–H and O–H groups in total. The summed E-state index contributed by atoms with van der Waals surface area (Å²) < 4.78 is 10.2. The van der Waals surface area contributed by atoms with Crippen LogP contribution in [0.15, 0.2) is 36.7 Å². The molecule has 0 atom stereocenters. The standard InChI is InChI=1S/C13H13N3O3/c1-18-13(17)9-3-2-4-11(5-9)19-12-6-10(7-14)15-8-16-12/h2-6,8H,7,14H2,1H3. The van der Waals surface area contributed by atoms with Crippen LogP contribution < -0.4 is 10.5 Å². The second kappa shape index (κ2) is 5.92. The number of nitrogens with two attached hydrogens (primary N) is 1. The zero-order valence-electron chi connectivity index (χ0n) is 10.4. The van der Waals surface area contributed by atoms with Crippen LogP contribution >= 0.6 is 0 Å². The molecule has 19 heavy (non-hydrogen) atoms. The Bertz CT molecular complexity index is 587. The van der Waals surface area contributed by atoms with Gasteiger partial charge in [0.05, 0.1) is 18.4 Å². The summed E-state index contributed by atoms with van der Waals surface area (Å²) in [5.74, 6) is 0.442. The summed E-state index contributed by atoms with van der Waals surface area (Å²) in [4.78, 5) is 19.3. The molecule has 0 saturated carbocycles. The Hall–Kier alpha value is -2.47. The summed E-state index contributed by atoms with van der Waals surface area (Å²) in [5.41, 5.74) is 6.57. The highest BCUT2D eigenvalue weighted by molar-refractivity contribution is 5.89. The van der Waals surface area contributed by atoms with E-state index in [1.165, 1.54) is 13.4 Å². The van der Waals surface area contributed by atoms with Gasteiger partial charge in [0, 0.05) is 12.6 Å². The number of carbonyl (C=O) groups excluding carboxylic acids is 1. The average molecular weight is 259 g/mol. The number of rotatable bonds is 4. The Kier molecular flexibility index (Phi) is 4.04. The number of nitrogens with zero attached hydrogens (tertiary/aromatic N) is 2. The van der Waals surface area contributed by atoms with E-state index < -0.39 is 5.97 Å². The SMILES string of the molecule is COC(=O)c1cccc(Oc2cc(CN)ncn2)c1. The van der Waals surface area contributed by atoms with Crippen LogP contribution in [0.2, 0.25) is 0 Å². The minimum atomic E-state index is -0.421. The summed E-state index contributed by atoms with van der Waals surface area (Å²) in [7, 11) is 1.33. The smallest absolute Gasteiger partial charge is 0.337 e. The van der Waals surface area contributed by atoms with Crippen molar-refractivity contribution in [2.24, 2.45) is 5.73 Å². The summed E-state index contributed by atoms with van der Waals surface area (Å²) in [6, 6.07) is 8.29. The Balaban J connectivity index is 2.20. The van der Waals surface area contributed by atoms with Crippen molar-refractivity contribution >= 4 is 5.97 Å². The Morgan fingerprint density at radius 3 is 2.89 bits per heavy atom. The van der Waals surface area contributed by atoms with E-state index in [-0.39, 0.29) is 0 Å². The zero-order chi connectivity index (χ0) is 13.7. The number of aromatic nitrogens is 2. The fourth-order valence-electron chi connectivity index (χ4n) is 1.47. The highest BCUT2D eigenvalue weighted by Crippen LogP contribution is 2.20. The summed E-state index contributed by atoms with van der Waals surface area (Å²) in [6.45, 7) is 0.307. The molecule has 0 unspecified atom stereocenters. The third-order valence-electron chi connectivity index (χ3n) is 2.39. The number of esters is 1. The molecule has 98 valence electrons. The van der Waals surface area contributed by atoms with E-state index in [4.69, 9.17) is 10.5 Å². The van der Waals surface area contributed by atoms with Crippen LogP contribution in [-0.4, -0.2) is 23.0 Å². The molecule has 0 aliphatic rings. The van der Waals surface area contributed by atoms with Gasteiger partial charge in [-0.2, -0.15) is 0 Å². The van der Waals surface area contributed by atoms with Gasteiger partial charge in [-0.05, 0) is 18.2 Å². The van der Waals surface area contributed by atoms with Crippen molar-refractivity contribution in [1.82, 2.24) is 9.97 Å². The Morgan fingerprint density at radius 2 is 2.16 bits per heavy atom. The molecular weight excluding hydrogens is 246 g/mol. The summed E-state index contributed by atoms with van der Waals surface area (Å²) >= 11 is 0. The molecule has 2 rings (SSSR count). The van der Waals surface area contributed by atoms with Crippen molar-refractivity contribution in [3.8, 4) is 11.6 Å². The van der Waals surface area contributed by atoms with Crippen LogP contribution in [0, 0.1) is 0 Å². The molecule has 1 heterocycles. The second-order valence-corrected chi connectivity index (χ2v) is 3.67. The van der Waals surface area contributed by atoms with Crippen LogP contribution in [0.1, 0.15) is 16.1 Å². The van der Waals surface area contributed by atoms with Crippen molar-refractivity contribution in [3.05, 3.63) is 47.9 Å². The van der Waals surface area contributed by atoms with Gasteiger partial charge in [-0.1, -0.05) is 6.07 Å². The zero-order valence-corrected chi connectivity index (χ0v) is 10.4. The lowest BCUT2D eigenvalue weighted by molar-refractivity contribution is 0.0600. The van der Waals surface area contributed by atoms with Gasteiger partial charge in [0.25, 0.3) is 0 Å². The van der Waals surface area contributed by atoms with Crippen molar-refractivity contribution in [2.75, 3.05) is 7.11 Å². The van der Waals surface area contributed by atoms with Crippen molar-refractivity contribution in [1.29, 1.82) is 0 Å². The molecule has 6 nitrogen and oxygen atoms in total. The molecule has 0 spiro atoms. The molecule has 0 radical (unpaired) electrons. The molecular formula is C13H13N3O3. The first-order valence-electron chi connectivity index (χ1n) is 5.60. The van der Waals surface area contributed by atoms with E-state index in [0.29, 0.717) is 29.4 Å². The van der Waals surface area contributed by atoms with Gasteiger partial charge in [0.15, 0.2) is 0 Å². The third kappa shape index (κ3) is 3.26. The molecule has 0 fully saturated rings. The first-order valence-corrected chi connectivity index (χ1v) is 5.60. The lowest BCUT2D eigenvalue weighted by Crippen LogP contribution is -2.02. The molecule has 0 saturated heterocycles. The summed E-state index contributed by atoms with van der Waals surface area (Å²) in [6.07, 6.45) is 1.38. The molecule has 0 aliphatic heterocycles. The highest BCUT2D eigenvalue weighted by Gasteiger charge is 2.07. The maximum Gasteiger partial charge on any atom is 0.337 e. The summed E-state index contributed by atoms with van der Waals surface area (Å²) in [5, 5.41) is 0. The quantitative estimate of drug-likeness (QED) is 0.837. The van der Waals surface area contributed by atoms with Gasteiger partial charge in [-0.15, -0.1) is 0 Å². The maximum atomic E-state index is 11.4. The first-order chi connectivity index (χ1) is 9.22. The fraction of sp³-hybridized carbons (Fsp3) is 0.154. The molecule has 1 aromatic carbocycles. The minimum absolute atomic E-state index is 0.307. The van der Waals surface area contributed by atoms with Gasteiger partial charge < -0.3 is 15.2 Å². The second-order valence-electron chi connectivity index (χ2n) is 3.67. The lowest BCUT2D eigenvalue weighted by Gasteiger charge is -2.06. The molecule has 0 aliphatic carbocycles. The van der Waals surface area contributed by atoms with E-state index in [0.717, 1.165) is 0 Å². The lowest BCUT2D eigenvalue weighted by atomic mass is 10.2. The van der Waals surface area contributed by atoms with Crippen LogP contribution in [0.25, 0.3) is 0 Å². The van der Waals surface area contributed by atoms with Crippen LogP contribution in [0.5, 0.6) is 11.6 Å². The third-order valence-corrected chi connectivity index (χ3v) is 2.39. The number of benzene rings is 1. The van der Waals surface area contributed by atoms with Gasteiger partial charge >= 0.3 is 5.97 Å². The van der Waals surface area contributed by atoms with Gasteiger partial charge in [-0.3, -0.25) is 0 Å². The number of methoxy groups -OCH3 is 1. The largest absolute Gasteiger partial charge is 0.465 e. The Labute approximate surface area is 110 Å². The molecule has 1 aromatic heterocycles. The minimum Gasteiger partial charge on any atom is -0.465 e. The predicted octanol–water partition coefficient (Wildman–Crippen LogP) is 1.51. The number of carbonyl (C=O) groups is 1. The van der Waals surface area contributed by atoms with E-state index in [1.807, 2.05) is 0 Å². The fourth-order valence-corrected chi connectivity index (χ4v) is 1.47. The maximum absolute atomic E-state index is 11.4. The van der Waals surface area contributed by atoms with Crippen LogP contribution in [0.4, 0.5) is 0 Å². The van der Waals surface area contributed by atoms with Gasteiger partial charge in [0.2, 0.25) is 5.88 Å². The van der Waals surface area contributed by atoms with Crippen LogP contribution in [-0.2, 0) is 11.3 Å². The highest BCUT2D eigenvalue weighted by atomic mass is 16.5. The molecule has 6 heteroatoms. The Morgan fingerprint density at radius 1 is 1.32 bits per heavy atom. The monoisotopic (exact) mass is 259 g/mol. The van der Waals surface area contributed by atoms with Crippen molar-refractivity contribution in [2.45, 2.75) is 6.54 Å².